The Bertz CT molecular complexity index is 832. The molecule has 0 radical (unpaired) electrons. The zero-order valence-electron chi connectivity index (χ0n) is 13.1. The maximum Gasteiger partial charge on any atom is 0.249 e. The lowest BCUT2D eigenvalue weighted by atomic mass is 10.1. The maximum atomic E-state index is 12.2. The number of amides is 1. The molecule has 2 aromatic rings. The number of hydrogen-bond acceptors (Lipinski definition) is 3. The zero-order chi connectivity index (χ0) is 16.9. The van der Waals surface area contributed by atoms with Crippen LogP contribution >= 0.6 is 22.9 Å². The van der Waals surface area contributed by atoms with Crippen molar-refractivity contribution in [3.63, 3.8) is 0 Å². The predicted molar refractivity (Wildman–Crippen MR) is 99.4 cm³/mol. The summed E-state index contributed by atoms with van der Waals surface area (Å²) in [7, 11) is 0. The van der Waals surface area contributed by atoms with Crippen molar-refractivity contribution in [1.29, 1.82) is 5.26 Å². The summed E-state index contributed by atoms with van der Waals surface area (Å²) in [5, 5.41) is 13.6. The van der Waals surface area contributed by atoms with E-state index in [1.54, 1.807) is 29.5 Å². The topological polar surface area (TPSA) is 52.9 Å². The molecule has 1 heterocycles. The molecule has 0 saturated heterocycles. The molecule has 1 amide bonds. The van der Waals surface area contributed by atoms with Crippen molar-refractivity contribution in [2.24, 2.45) is 0 Å². The lowest BCUT2D eigenvalue weighted by molar-refractivity contribution is -0.111. The summed E-state index contributed by atoms with van der Waals surface area (Å²) in [6.07, 6.45) is 8.59. The van der Waals surface area contributed by atoms with Crippen LogP contribution in [0.4, 0.5) is 5.00 Å². The summed E-state index contributed by atoms with van der Waals surface area (Å²) in [5.74, 6) is -0.233. The summed E-state index contributed by atoms with van der Waals surface area (Å²) in [4.78, 5) is 13.4. The fraction of sp³-hybridized carbons (Fsp3) is 0.263. The second kappa shape index (κ2) is 7.65. The van der Waals surface area contributed by atoms with Gasteiger partial charge in [-0.3, -0.25) is 4.79 Å². The number of nitrogens with zero attached hydrogens (tertiary/aromatic N) is 1. The Kier molecular flexibility index (Phi) is 5.34. The summed E-state index contributed by atoms with van der Waals surface area (Å²) in [6, 6.07) is 9.57. The highest BCUT2D eigenvalue weighted by Gasteiger charge is 2.20. The van der Waals surface area contributed by atoms with Gasteiger partial charge in [-0.1, -0.05) is 30.2 Å². The summed E-state index contributed by atoms with van der Waals surface area (Å²) >= 11 is 7.47. The molecule has 122 valence electrons. The molecule has 0 bridgehead atoms. The first-order chi connectivity index (χ1) is 11.7. The van der Waals surface area contributed by atoms with Crippen LogP contribution < -0.4 is 5.32 Å². The SMILES string of the molecule is N#Cc1c(NC(=O)/C=C\c2cccc(Cl)c2)sc2c1CCCCC2. The maximum absolute atomic E-state index is 12.2. The monoisotopic (exact) mass is 356 g/mol. The molecule has 0 atom stereocenters. The van der Waals surface area contributed by atoms with E-state index >= 15 is 0 Å². The zero-order valence-corrected chi connectivity index (χ0v) is 14.7. The van der Waals surface area contributed by atoms with Crippen LogP contribution in [0.3, 0.4) is 0 Å². The van der Waals surface area contributed by atoms with E-state index in [9.17, 15) is 10.1 Å². The third kappa shape index (κ3) is 3.87. The van der Waals surface area contributed by atoms with Crippen molar-refractivity contribution < 1.29 is 4.79 Å². The molecule has 5 heteroatoms. The summed E-state index contributed by atoms with van der Waals surface area (Å²) in [6.45, 7) is 0. The Labute approximate surface area is 150 Å². The Morgan fingerprint density at radius 2 is 2.12 bits per heavy atom. The number of nitrogens with one attached hydrogen (secondary N) is 1. The minimum absolute atomic E-state index is 0.233. The Balaban J connectivity index is 1.76. The van der Waals surface area contributed by atoms with Gasteiger partial charge in [-0.05, 0) is 55.0 Å². The number of carbonyl (C=O) groups excluding carboxylic acids is 1. The minimum atomic E-state index is -0.233. The van der Waals surface area contributed by atoms with Gasteiger partial charge in [0.25, 0.3) is 0 Å². The van der Waals surface area contributed by atoms with Crippen molar-refractivity contribution in [3.8, 4) is 6.07 Å². The first kappa shape index (κ1) is 16.8. The second-order valence-corrected chi connectivity index (χ2v) is 7.30. The van der Waals surface area contributed by atoms with Crippen LogP contribution in [-0.2, 0) is 17.6 Å². The standard InChI is InChI=1S/C19H17ClN2OS/c20-14-6-4-5-13(11-14)9-10-18(23)22-19-16(12-21)15-7-2-1-3-8-17(15)24-19/h4-6,9-11H,1-3,7-8H2,(H,22,23)/b10-9-. The van der Waals surface area contributed by atoms with E-state index in [0.29, 0.717) is 15.6 Å². The Morgan fingerprint density at radius 1 is 1.29 bits per heavy atom. The van der Waals surface area contributed by atoms with Crippen LogP contribution in [0.1, 0.15) is 40.8 Å². The highest BCUT2D eigenvalue weighted by molar-refractivity contribution is 7.16. The van der Waals surface area contributed by atoms with Gasteiger partial charge in [-0.15, -0.1) is 11.3 Å². The number of aryl methyl sites for hydroxylation is 1. The molecule has 1 aliphatic rings. The first-order valence-corrected chi connectivity index (χ1v) is 9.16. The van der Waals surface area contributed by atoms with E-state index in [4.69, 9.17) is 11.6 Å². The van der Waals surface area contributed by atoms with E-state index < -0.39 is 0 Å². The fourth-order valence-electron chi connectivity index (χ4n) is 2.88. The molecule has 1 aromatic heterocycles. The van der Waals surface area contributed by atoms with Gasteiger partial charge in [0.2, 0.25) is 5.91 Å². The molecule has 3 rings (SSSR count). The number of rotatable bonds is 3. The molecule has 1 aromatic carbocycles. The van der Waals surface area contributed by atoms with E-state index in [2.05, 4.69) is 11.4 Å². The Morgan fingerprint density at radius 3 is 2.92 bits per heavy atom. The van der Waals surface area contributed by atoms with Crippen molar-refractivity contribution in [2.75, 3.05) is 5.32 Å². The number of fused-ring (bicyclic) bond motifs is 1. The molecule has 0 spiro atoms. The number of halogens is 1. The largest absolute Gasteiger partial charge is 0.313 e. The molecule has 0 saturated carbocycles. The van der Waals surface area contributed by atoms with Gasteiger partial charge < -0.3 is 5.32 Å². The fourth-order valence-corrected chi connectivity index (χ4v) is 4.33. The van der Waals surface area contributed by atoms with Gasteiger partial charge in [0, 0.05) is 16.0 Å². The van der Waals surface area contributed by atoms with E-state index in [1.165, 1.54) is 17.4 Å². The van der Waals surface area contributed by atoms with Crippen molar-refractivity contribution in [2.45, 2.75) is 32.1 Å². The molecular formula is C19H17ClN2OS. The third-order valence-corrected chi connectivity index (χ3v) is 5.49. The van der Waals surface area contributed by atoms with Gasteiger partial charge in [0.05, 0.1) is 5.56 Å². The smallest absolute Gasteiger partial charge is 0.249 e. The average molecular weight is 357 g/mol. The van der Waals surface area contributed by atoms with E-state index in [0.717, 1.165) is 36.8 Å². The molecule has 1 aliphatic carbocycles. The first-order valence-electron chi connectivity index (χ1n) is 7.96. The van der Waals surface area contributed by atoms with Gasteiger partial charge in [-0.2, -0.15) is 5.26 Å². The van der Waals surface area contributed by atoms with Gasteiger partial charge in [-0.25, -0.2) is 0 Å². The summed E-state index contributed by atoms with van der Waals surface area (Å²) in [5.41, 5.74) is 2.63. The number of anilines is 1. The average Bonchev–Trinajstić information content (AvgIpc) is 2.73. The molecule has 1 N–H and O–H groups in total. The van der Waals surface area contributed by atoms with E-state index in [1.807, 2.05) is 12.1 Å². The van der Waals surface area contributed by atoms with Crippen LogP contribution in [0.2, 0.25) is 5.02 Å². The molecule has 0 unspecified atom stereocenters. The van der Waals surface area contributed by atoms with Gasteiger partial charge in [0.1, 0.15) is 11.1 Å². The number of nitriles is 1. The molecule has 3 nitrogen and oxygen atoms in total. The lowest BCUT2D eigenvalue weighted by Gasteiger charge is -2.01. The van der Waals surface area contributed by atoms with Crippen molar-refractivity contribution in [1.82, 2.24) is 0 Å². The third-order valence-electron chi connectivity index (χ3n) is 4.05. The summed E-state index contributed by atoms with van der Waals surface area (Å²) < 4.78 is 0. The van der Waals surface area contributed by atoms with Crippen LogP contribution in [0.15, 0.2) is 30.3 Å². The Hall–Kier alpha value is -2.09. The number of benzene rings is 1. The van der Waals surface area contributed by atoms with Crippen LogP contribution in [-0.4, -0.2) is 5.91 Å². The van der Waals surface area contributed by atoms with Crippen LogP contribution in [0.5, 0.6) is 0 Å². The van der Waals surface area contributed by atoms with Crippen molar-refractivity contribution >= 4 is 39.9 Å². The highest BCUT2D eigenvalue weighted by Crippen LogP contribution is 2.36. The number of carbonyl (C=O) groups is 1. The molecular weight excluding hydrogens is 340 g/mol. The quantitative estimate of drug-likeness (QED) is 0.607. The molecule has 24 heavy (non-hydrogen) atoms. The van der Waals surface area contributed by atoms with Gasteiger partial charge >= 0.3 is 0 Å². The van der Waals surface area contributed by atoms with Gasteiger partial charge in [0.15, 0.2) is 0 Å². The van der Waals surface area contributed by atoms with Crippen molar-refractivity contribution in [3.05, 3.63) is 56.9 Å². The lowest BCUT2D eigenvalue weighted by Crippen LogP contribution is -2.07. The normalized spacial score (nSPS) is 14.0. The second-order valence-electron chi connectivity index (χ2n) is 5.76. The molecule has 0 aliphatic heterocycles. The number of thiophene rings is 1. The molecule has 0 fully saturated rings. The predicted octanol–water partition coefficient (Wildman–Crippen LogP) is 5.19. The number of hydrogen-bond donors (Lipinski definition) is 1. The van der Waals surface area contributed by atoms with Crippen LogP contribution in [0.25, 0.3) is 6.08 Å². The minimum Gasteiger partial charge on any atom is -0.313 e. The van der Waals surface area contributed by atoms with Crippen LogP contribution in [0, 0.1) is 11.3 Å². The highest BCUT2D eigenvalue weighted by atomic mass is 35.5. The van der Waals surface area contributed by atoms with E-state index in [-0.39, 0.29) is 5.91 Å².